The van der Waals surface area contributed by atoms with E-state index >= 15 is 0 Å². The van der Waals surface area contributed by atoms with Crippen molar-refractivity contribution in [1.29, 1.82) is 0 Å². The summed E-state index contributed by atoms with van der Waals surface area (Å²) in [7, 11) is 0. The lowest BCUT2D eigenvalue weighted by Gasteiger charge is -2.02. The Morgan fingerprint density at radius 2 is 2.55 bits per heavy atom. The lowest BCUT2D eigenvalue weighted by Crippen LogP contribution is -2.20. The molecule has 11 heavy (non-hydrogen) atoms. The van der Waals surface area contributed by atoms with Gasteiger partial charge in [0.2, 0.25) is 0 Å². The Balaban J connectivity index is 2.70. The summed E-state index contributed by atoms with van der Waals surface area (Å²) in [6, 6.07) is 1.40. The van der Waals surface area contributed by atoms with Crippen LogP contribution in [0.25, 0.3) is 0 Å². The Labute approximate surface area is 64.5 Å². The second kappa shape index (κ2) is 3.88. The maximum absolute atomic E-state index is 11.0. The number of hydrogen-bond acceptors (Lipinski definition) is 3. The zero-order valence-corrected chi connectivity index (χ0v) is 6.36. The van der Waals surface area contributed by atoms with Crippen molar-refractivity contribution < 1.29 is 4.74 Å². The summed E-state index contributed by atoms with van der Waals surface area (Å²) in [4.78, 5) is 14.7. The van der Waals surface area contributed by atoms with E-state index in [-0.39, 0.29) is 12.3 Å². The molecule has 1 aromatic rings. The van der Waals surface area contributed by atoms with Crippen LogP contribution in [0.4, 0.5) is 0 Å². The first-order valence-electron chi connectivity index (χ1n) is 3.43. The second-order valence-electron chi connectivity index (χ2n) is 2.01. The molecule has 4 nitrogen and oxygen atoms in total. The second-order valence-corrected chi connectivity index (χ2v) is 2.01. The van der Waals surface area contributed by atoms with Gasteiger partial charge in [0.05, 0.1) is 6.33 Å². The van der Waals surface area contributed by atoms with Crippen LogP contribution in [0.15, 0.2) is 23.4 Å². The molecule has 0 fully saturated rings. The summed E-state index contributed by atoms with van der Waals surface area (Å²) in [5.74, 6) is 0. The van der Waals surface area contributed by atoms with E-state index in [4.69, 9.17) is 4.74 Å². The van der Waals surface area contributed by atoms with Crippen LogP contribution in [-0.2, 0) is 11.5 Å². The SMILES string of the molecule is CCOCn1cnccc1=O. The highest BCUT2D eigenvalue weighted by Gasteiger charge is 1.90. The highest BCUT2D eigenvalue weighted by Crippen LogP contribution is 1.79. The number of hydrogen-bond donors (Lipinski definition) is 0. The summed E-state index contributed by atoms with van der Waals surface area (Å²) >= 11 is 0. The molecule has 4 heteroatoms. The molecule has 0 spiro atoms. The first-order valence-corrected chi connectivity index (χ1v) is 3.43. The molecular weight excluding hydrogens is 144 g/mol. The van der Waals surface area contributed by atoms with Crippen LogP contribution in [-0.4, -0.2) is 16.2 Å². The maximum Gasteiger partial charge on any atom is 0.255 e. The standard InChI is InChI=1S/C7H10N2O2/c1-2-11-6-9-5-8-4-3-7(9)10/h3-5H,2,6H2,1H3. The number of ether oxygens (including phenoxy) is 1. The molecule has 0 saturated carbocycles. The van der Waals surface area contributed by atoms with Crippen LogP contribution in [0.5, 0.6) is 0 Å². The Morgan fingerprint density at radius 3 is 3.18 bits per heavy atom. The first-order chi connectivity index (χ1) is 5.34. The molecule has 1 heterocycles. The van der Waals surface area contributed by atoms with Crippen LogP contribution < -0.4 is 5.56 Å². The van der Waals surface area contributed by atoms with Crippen molar-refractivity contribution in [2.24, 2.45) is 0 Å². The van der Waals surface area contributed by atoms with Gasteiger partial charge in [0.25, 0.3) is 5.56 Å². The number of nitrogens with zero attached hydrogens (tertiary/aromatic N) is 2. The largest absolute Gasteiger partial charge is 0.361 e. The molecule has 60 valence electrons. The molecule has 0 aliphatic rings. The van der Waals surface area contributed by atoms with Gasteiger partial charge in [-0.3, -0.25) is 9.36 Å². The van der Waals surface area contributed by atoms with Crippen molar-refractivity contribution in [3.05, 3.63) is 28.9 Å². The maximum atomic E-state index is 11.0. The van der Waals surface area contributed by atoms with E-state index < -0.39 is 0 Å². The van der Waals surface area contributed by atoms with E-state index in [1.807, 2.05) is 6.92 Å². The fraction of sp³-hybridized carbons (Fsp3) is 0.429. The van der Waals surface area contributed by atoms with Gasteiger partial charge >= 0.3 is 0 Å². The van der Waals surface area contributed by atoms with Gasteiger partial charge in [-0.05, 0) is 6.92 Å². The molecule has 0 unspecified atom stereocenters. The molecule has 1 aromatic heterocycles. The zero-order valence-electron chi connectivity index (χ0n) is 6.36. The van der Waals surface area contributed by atoms with Crippen molar-refractivity contribution in [3.8, 4) is 0 Å². The fourth-order valence-corrected chi connectivity index (χ4v) is 0.665. The third kappa shape index (κ3) is 2.16. The minimum atomic E-state index is -0.0894. The van der Waals surface area contributed by atoms with Crippen molar-refractivity contribution in [3.63, 3.8) is 0 Å². The van der Waals surface area contributed by atoms with E-state index in [9.17, 15) is 4.79 Å². The minimum absolute atomic E-state index is 0.0894. The quantitative estimate of drug-likeness (QED) is 0.626. The van der Waals surface area contributed by atoms with Crippen molar-refractivity contribution in [2.75, 3.05) is 6.61 Å². The molecule has 0 aliphatic carbocycles. The van der Waals surface area contributed by atoms with E-state index in [1.165, 1.54) is 23.2 Å². The third-order valence-corrected chi connectivity index (χ3v) is 1.23. The monoisotopic (exact) mass is 154 g/mol. The van der Waals surface area contributed by atoms with E-state index in [2.05, 4.69) is 4.98 Å². The smallest absolute Gasteiger partial charge is 0.255 e. The summed E-state index contributed by atoms with van der Waals surface area (Å²) in [5.41, 5.74) is -0.0894. The van der Waals surface area contributed by atoms with E-state index in [0.29, 0.717) is 6.61 Å². The van der Waals surface area contributed by atoms with E-state index in [0.717, 1.165) is 0 Å². The third-order valence-electron chi connectivity index (χ3n) is 1.23. The van der Waals surface area contributed by atoms with Gasteiger partial charge in [-0.1, -0.05) is 0 Å². The van der Waals surface area contributed by atoms with Crippen LogP contribution in [0.1, 0.15) is 6.92 Å². The van der Waals surface area contributed by atoms with Crippen molar-refractivity contribution >= 4 is 0 Å². The molecule has 1 rings (SSSR count). The number of rotatable bonds is 3. The summed E-state index contributed by atoms with van der Waals surface area (Å²) in [6.45, 7) is 2.76. The number of aromatic nitrogens is 2. The van der Waals surface area contributed by atoms with Gasteiger partial charge < -0.3 is 4.74 Å². The summed E-state index contributed by atoms with van der Waals surface area (Å²) in [6.07, 6.45) is 2.92. The van der Waals surface area contributed by atoms with Crippen LogP contribution in [0, 0.1) is 0 Å². The Hall–Kier alpha value is -1.16. The molecule has 0 saturated heterocycles. The summed E-state index contributed by atoms with van der Waals surface area (Å²) < 4.78 is 6.43. The van der Waals surface area contributed by atoms with Gasteiger partial charge in [0, 0.05) is 18.9 Å². The van der Waals surface area contributed by atoms with Crippen LogP contribution in [0.3, 0.4) is 0 Å². The molecule has 0 aliphatic heterocycles. The summed E-state index contributed by atoms with van der Waals surface area (Å²) in [5, 5.41) is 0. The predicted molar refractivity (Wildman–Crippen MR) is 40.1 cm³/mol. The molecule has 0 aromatic carbocycles. The highest BCUT2D eigenvalue weighted by molar-refractivity contribution is 4.80. The van der Waals surface area contributed by atoms with Gasteiger partial charge in [-0.2, -0.15) is 0 Å². The fourth-order valence-electron chi connectivity index (χ4n) is 0.665. The Bertz CT molecular complexity index is 269. The Morgan fingerprint density at radius 1 is 1.73 bits per heavy atom. The molecular formula is C7H10N2O2. The van der Waals surface area contributed by atoms with Crippen molar-refractivity contribution in [1.82, 2.24) is 9.55 Å². The van der Waals surface area contributed by atoms with Gasteiger partial charge in [-0.25, -0.2) is 4.98 Å². The highest BCUT2D eigenvalue weighted by atomic mass is 16.5. The van der Waals surface area contributed by atoms with Crippen LogP contribution >= 0.6 is 0 Å². The zero-order chi connectivity index (χ0) is 8.10. The molecule has 0 radical (unpaired) electrons. The average Bonchev–Trinajstić information content (AvgIpc) is 2.03. The van der Waals surface area contributed by atoms with E-state index in [1.54, 1.807) is 0 Å². The average molecular weight is 154 g/mol. The van der Waals surface area contributed by atoms with Gasteiger partial charge in [0.1, 0.15) is 6.73 Å². The van der Waals surface area contributed by atoms with Crippen LogP contribution in [0.2, 0.25) is 0 Å². The Kier molecular flexibility index (Phi) is 2.80. The predicted octanol–water partition coefficient (Wildman–Crippen LogP) is 0.237. The molecule has 0 bridgehead atoms. The normalized spacial score (nSPS) is 9.91. The minimum Gasteiger partial charge on any atom is -0.361 e. The topological polar surface area (TPSA) is 44.1 Å². The molecule has 0 N–H and O–H groups in total. The lowest BCUT2D eigenvalue weighted by molar-refractivity contribution is 0.0846. The molecule has 0 amide bonds. The van der Waals surface area contributed by atoms with Gasteiger partial charge in [0.15, 0.2) is 0 Å². The lowest BCUT2D eigenvalue weighted by atomic mass is 10.6. The van der Waals surface area contributed by atoms with Crippen molar-refractivity contribution in [2.45, 2.75) is 13.7 Å². The van der Waals surface area contributed by atoms with Gasteiger partial charge in [-0.15, -0.1) is 0 Å². The first kappa shape index (κ1) is 7.94. The molecule has 0 atom stereocenters.